The summed E-state index contributed by atoms with van der Waals surface area (Å²) in [7, 11) is 0. The molecule has 0 saturated carbocycles. The van der Waals surface area contributed by atoms with Crippen molar-refractivity contribution < 1.29 is 18.7 Å². The molecule has 1 aliphatic heterocycles. The van der Waals surface area contributed by atoms with Crippen molar-refractivity contribution in [2.24, 2.45) is 0 Å². The van der Waals surface area contributed by atoms with E-state index in [1.165, 1.54) is 9.58 Å². The highest BCUT2D eigenvalue weighted by Crippen LogP contribution is 2.30. The summed E-state index contributed by atoms with van der Waals surface area (Å²) >= 11 is 0. The molecule has 0 spiro atoms. The number of halogens is 2. The molecule has 1 aromatic heterocycles. The van der Waals surface area contributed by atoms with Crippen LogP contribution < -0.4 is 15.9 Å². The highest BCUT2D eigenvalue weighted by molar-refractivity contribution is 5.93. The summed E-state index contributed by atoms with van der Waals surface area (Å²) in [6.07, 6.45) is 1.84. The Kier molecular flexibility index (Phi) is 3.77. The van der Waals surface area contributed by atoms with Crippen LogP contribution in [0.4, 0.5) is 14.5 Å². The second-order valence-corrected chi connectivity index (χ2v) is 5.29. The number of aromatic nitrogens is 1. The average Bonchev–Trinajstić information content (AvgIpc) is 3.02. The molecule has 23 heavy (non-hydrogen) atoms. The first kappa shape index (κ1) is 15.4. The number of fused-ring (bicyclic) bond motifs is 1. The molecule has 0 bridgehead atoms. The topological polar surface area (TPSA) is 74.6 Å². The summed E-state index contributed by atoms with van der Waals surface area (Å²) in [6, 6.07) is 0.911. The normalized spacial score (nSPS) is 14.7. The van der Waals surface area contributed by atoms with Gasteiger partial charge >= 0.3 is 5.97 Å². The predicted molar refractivity (Wildman–Crippen MR) is 80.7 cm³/mol. The van der Waals surface area contributed by atoms with E-state index in [1.54, 1.807) is 6.92 Å². The number of benzene rings is 1. The number of aryl methyl sites for hydroxylation is 1. The van der Waals surface area contributed by atoms with Gasteiger partial charge in [-0.1, -0.05) is 0 Å². The number of carboxylic acid groups (broad SMARTS) is 1. The standard InChI is InChI=1S/C15H15F2N3O3/c1-2-19-7-9(15(22)23)14(21)8-6-10(16)13(11(17)12(8)19)20-5-3-4-18-20/h6-7,18H,2-5H2,1H3,(H,22,23). The van der Waals surface area contributed by atoms with E-state index in [1.807, 2.05) is 0 Å². The average molecular weight is 323 g/mol. The van der Waals surface area contributed by atoms with Crippen LogP contribution in [0.25, 0.3) is 10.9 Å². The van der Waals surface area contributed by atoms with Gasteiger partial charge in [-0.3, -0.25) is 4.79 Å². The number of pyridine rings is 1. The summed E-state index contributed by atoms with van der Waals surface area (Å²) in [5, 5.41) is 10.2. The van der Waals surface area contributed by atoms with E-state index in [4.69, 9.17) is 5.11 Å². The molecule has 1 saturated heterocycles. The zero-order valence-electron chi connectivity index (χ0n) is 12.4. The van der Waals surface area contributed by atoms with Crippen LogP contribution in [0.1, 0.15) is 23.7 Å². The predicted octanol–water partition coefficient (Wildman–Crippen LogP) is 1.71. The largest absolute Gasteiger partial charge is 0.477 e. The smallest absolute Gasteiger partial charge is 0.341 e. The maximum Gasteiger partial charge on any atom is 0.341 e. The molecule has 0 amide bonds. The van der Waals surface area contributed by atoms with Gasteiger partial charge in [0.15, 0.2) is 11.6 Å². The van der Waals surface area contributed by atoms with E-state index >= 15 is 0 Å². The maximum absolute atomic E-state index is 14.9. The van der Waals surface area contributed by atoms with Gasteiger partial charge < -0.3 is 14.7 Å². The van der Waals surface area contributed by atoms with Crippen molar-refractivity contribution in [1.29, 1.82) is 0 Å². The van der Waals surface area contributed by atoms with Gasteiger partial charge in [0.2, 0.25) is 5.43 Å². The number of rotatable bonds is 3. The van der Waals surface area contributed by atoms with E-state index in [2.05, 4.69) is 5.43 Å². The van der Waals surface area contributed by atoms with Crippen molar-refractivity contribution in [3.63, 3.8) is 0 Å². The van der Waals surface area contributed by atoms with Crippen molar-refractivity contribution >= 4 is 22.6 Å². The Balaban J connectivity index is 2.39. The summed E-state index contributed by atoms with van der Waals surface area (Å²) in [4.78, 5) is 23.4. The molecule has 0 radical (unpaired) electrons. The Hall–Kier alpha value is -2.48. The number of hydrogen-bond donors (Lipinski definition) is 2. The lowest BCUT2D eigenvalue weighted by Gasteiger charge is -2.21. The molecule has 1 aromatic carbocycles. The highest BCUT2D eigenvalue weighted by Gasteiger charge is 2.26. The van der Waals surface area contributed by atoms with Crippen LogP contribution in [0.15, 0.2) is 17.1 Å². The first-order valence-electron chi connectivity index (χ1n) is 7.25. The number of hydrazine groups is 1. The van der Waals surface area contributed by atoms with Crippen LogP contribution in [-0.2, 0) is 6.54 Å². The molecule has 2 heterocycles. The van der Waals surface area contributed by atoms with Gasteiger partial charge in [-0.25, -0.2) is 19.0 Å². The van der Waals surface area contributed by atoms with E-state index in [-0.39, 0.29) is 23.1 Å². The van der Waals surface area contributed by atoms with Crippen LogP contribution >= 0.6 is 0 Å². The minimum atomic E-state index is -1.43. The van der Waals surface area contributed by atoms with E-state index in [9.17, 15) is 18.4 Å². The molecule has 122 valence electrons. The molecular formula is C15H15F2N3O3. The lowest BCUT2D eigenvalue weighted by Crippen LogP contribution is -2.32. The third kappa shape index (κ3) is 2.35. The first-order valence-corrected chi connectivity index (χ1v) is 7.25. The van der Waals surface area contributed by atoms with Gasteiger partial charge in [0.1, 0.15) is 11.3 Å². The zero-order valence-corrected chi connectivity index (χ0v) is 12.4. The van der Waals surface area contributed by atoms with Gasteiger partial charge in [0.25, 0.3) is 0 Å². The summed E-state index contributed by atoms with van der Waals surface area (Å²) in [5.41, 5.74) is 1.13. The monoisotopic (exact) mass is 323 g/mol. The number of anilines is 1. The fraction of sp³-hybridized carbons (Fsp3) is 0.333. The van der Waals surface area contributed by atoms with Gasteiger partial charge in [-0.05, 0) is 19.4 Å². The van der Waals surface area contributed by atoms with Crippen molar-refractivity contribution in [3.05, 3.63) is 39.7 Å². The van der Waals surface area contributed by atoms with E-state index < -0.39 is 28.6 Å². The van der Waals surface area contributed by atoms with E-state index in [0.717, 1.165) is 18.7 Å². The third-order valence-corrected chi connectivity index (χ3v) is 3.93. The molecule has 0 atom stereocenters. The molecule has 3 rings (SSSR count). The number of hydrogen-bond acceptors (Lipinski definition) is 4. The molecule has 6 nitrogen and oxygen atoms in total. The van der Waals surface area contributed by atoms with Gasteiger partial charge in [0.05, 0.1) is 10.9 Å². The van der Waals surface area contributed by atoms with Gasteiger partial charge in [-0.15, -0.1) is 0 Å². The number of nitrogens with zero attached hydrogens (tertiary/aromatic N) is 2. The molecule has 1 fully saturated rings. The van der Waals surface area contributed by atoms with Crippen LogP contribution in [-0.4, -0.2) is 28.7 Å². The summed E-state index contributed by atoms with van der Waals surface area (Å²) in [6.45, 7) is 2.98. The Labute approximate surface area is 129 Å². The molecule has 1 aliphatic rings. The number of aromatic carboxylic acids is 1. The fourth-order valence-electron chi connectivity index (χ4n) is 2.85. The minimum absolute atomic E-state index is 0.0902. The lowest BCUT2D eigenvalue weighted by molar-refractivity contribution is 0.0695. The van der Waals surface area contributed by atoms with Crippen molar-refractivity contribution in [2.45, 2.75) is 19.9 Å². The van der Waals surface area contributed by atoms with Crippen molar-refractivity contribution in [2.75, 3.05) is 18.1 Å². The zero-order chi connectivity index (χ0) is 16.7. The summed E-state index contributed by atoms with van der Waals surface area (Å²) in [5.74, 6) is -3.19. The molecule has 0 unspecified atom stereocenters. The Morgan fingerprint density at radius 2 is 2.17 bits per heavy atom. The maximum atomic E-state index is 14.9. The Morgan fingerprint density at radius 1 is 1.43 bits per heavy atom. The van der Waals surface area contributed by atoms with Crippen molar-refractivity contribution in [3.8, 4) is 0 Å². The van der Waals surface area contributed by atoms with Crippen molar-refractivity contribution in [1.82, 2.24) is 9.99 Å². The molecule has 8 heteroatoms. The molecule has 2 N–H and O–H groups in total. The number of carboxylic acids is 1. The molecule has 0 aliphatic carbocycles. The Bertz CT molecular complexity index is 857. The summed E-state index contributed by atoms with van der Waals surface area (Å²) < 4.78 is 30.6. The lowest BCUT2D eigenvalue weighted by atomic mass is 10.1. The minimum Gasteiger partial charge on any atom is -0.477 e. The van der Waals surface area contributed by atoms with Crippen LogP contribution in [0, 0.1) is 11.6 Å². The number of nitrogens with one attached hydrogen (secondary N) is 1. The fourth-order valence-corrected chi connectivity index (χ4v) is 2.85. The third-order valence-electron chi connectivity index (χ3n) is 3.93. The second-order valence-electron chi connectivity index (χ2n) is 5.29. The SMILES string of the molecule is CCn1cc(C(=O)O)c(=O)c2cc(F)c(N3CCCN3)c(F)c21. The van der Waals surface area contributed by atoms with Crippen LogP contribution in [0.5, 0.6) is 0 Å². The Morgan fingerprint density at radius 3 is 2.74 bits per heavy atom. The molecular weight excluding hydrogens is 308 g/mol. The number of carbonyl (C=O) groups is 1. The van der Waals surface area contributed by atoms with E-state index in [0.29, 0.717) is 13.1 Å². The van der Waals surface area contributed by atoms with Gasteiger partial charge in [0, 0.05) is 25.8 Å². The van der Waals surface area contributed by atoms with Crippen LogP contribution in [0.3, 0.4) is 0 Å². The highest BCUT2D eigenvalue weighted by atomic mass is 19.1. The second kappa shape index (κ2) is 5.62. The van der Waals surface area contributed by atoms with Gasteiger partial charge in [-0.2, -0.15) is 0 Å². The molecule has 2 aromatic rings. The first-order chi connectivity index (χ1) is 11.0. The quantitative estimate of drug-likeness (QED) is 0.899. The van der Waals surface area contributed by atoms with Crippen LogP contribution in [0.2, 0.25) is 0 Å².